The Balaban J connectivity index is 1.69. The number of hydrogen-bond acceptors (Lipinski definition) is 2. The maximum absolute atomic E-state index is 4.60. The highest BCUT2D eigenvalue weighted by Gasteiger charge is 2.29. The second-order valence-corrected chi connectivity index (χ2v) is 4.29. The van der Waals surface area contributed by atoms with Gasteiger partial charge in [0.1, 0.15) is 5.84 Å². The Morgan fingerprint density at radius 2 is 1.82 bits per heavy atom. The van der Waals surface area contributed by atoms with Gasteiger partial charge in [-0.1, -0.05) is 30.3 Å². The Morgan fingerprint density at radius 1 is 1.06 bits per heavy atom. The molecule has 0 atom stereocenters. The second kappa shape index (κ2) is 4.91. The molecule has 0 amide bonds. The fraction of sp³-hybridized carbons (Fsp3) is 0.200. The number of rotatable bonds is 3. The molecule has 2 nitrogen and oxygen atoms in total. The van der Waals surface area contributed by atoms with Crippen molar-refractivity contribution in [2.75, 3.05) is 13.1 Å². The average molecular weight is 223 g/mol. The second-order valence-electron chi connectivity index (χ2n) is 4.29. The SMILES string of the molecule is [CH]1[CH][CH][C](C2=NCCN2Cc2ccccc2)[CH]1. The molecule has 5 radical (unpaired) electrons. The number of nitrogens with zero attached hydrogens (tertiary/aromatic N) is 2. The lowest BCUT2D eigenvalue weighted by Gasteiger charge is -2.23. The summed E-state index contributed by atoms with van der Waals surface area (Å²) >= 11 is 0. The molecule has 0 bridgehead atoms. The van der Waals surface area contributed by atoms with Gasteiger partial charge in [-0.3, -0.25) is 4.99 Å². The van der Waals surface area contributed by atoms with E-state index < -0.39 is 0 Å². The third-order valence-electron chi connectivity index (χ3n) is 3.07. The van der Waals surface area contributed by atoms with E-state index in [1.54, 1.807) is 0 Å². The van der Waals surface area contributed by atoms with Crippen LogP contribution in [-0.4, -0.2) is 23.8 Å². The van der Waals surface area contributed by atoms with Gasteiger partial charge in [-0.25, -0.2) is 0 Å². The van der Waals surface area contributed by atoms with Gasteiger partial charge in [-0.2, -0.15) is 0 Å². The van der Waals surface area contributed by atoms with E-state index in [2.05, 4.69) is 65.9 Å². The number of hydrogen-bond donors (Lipinski definition) is 0. The predicted molar refractivity (Wildman–Crippen MR) is 69.6 cm³/mol. The largest absolute Gasteiger partial charge is 0.354 e. The highest BCUT2D eigenvalue weighted by Crippen LogP contribution is 2.28. The van der Waals surface area contributed by atoms with Gasteiger partial charge in [0.25, 0.3) is 0 Å². The number of benzene rings is 1. The summed E-state index contributed by atoms with van der Waals surface area (Å²) in [7, 11) is 0. The molecule has 2 aliphatic rings. The molecule has 1 aromatic carbocycles. The molecule has 0 saturated heterocycles. The fourth-order valence-electron chi connectivity index (χ4n) is 2.24. The van der Waals surface area contributed by atoms with Crippen molar-refractivity contribution in [1.29, 1.82) is 0 Å². The van der Waals surface area contributed by atoms with Crippen molar-refractivity contribution in [3.05, 3.63) is 67.5 Å². The Bertz CT molecular complexity index is 391. The third-order valence-corrected chi connectivity index (χ3v) is 3.07. The Hall–Kier alpha value is -1.31. The van der Waals surface area contributed by atoms with Crippen LogP contribution in [0.15, 0.2) is 35.3 Å². The quantitative estimate of drug-likeness (QED) is 0.767. The van der Waals surface area contributed by atoms with Crippen LogP contribution in [0.2, 0.25) is 0 Å². The number of amidine groups is 1. The summed E-state index contributed by atoms with van der Waals surface area (Å²) in [6.45, 7) is 2.88. The maximum Gasteiger partial charge on any atom is 0.107 e. The van der Waals surface area contributed by atoms with Gasteiger partial charge < -0.3 is 4.90 Å². The fourth-order valence-corrected chi connectivity index (χ4v) is 2.24. The zero-order chi connectivity index (χ0) is 11.5. The van der Waals surface area contributed by atoms with Crippen LogP contribution < -0.4 is 0 Å². The molecule has 1 aromatic rings. The van der Waals surface area contributed by atoms with E-state index in [0.29, 0.717) is 0 Å². The molecule has 0 unspecified atom stereocenters. The molecular formula is C15H15N2. The van der Waals surface area contributed by atoms with Crippen LogP contribution in [0.3, 0.4) is 0 Å². The van der Waals surface area contributed by atoms with Gasteiger partial charge in [0, 0.05) is 19.0 Å². The van der Waals surface area contributed by atoms with Crippen molar-refractivity contribution in [3.8, 4) is 0 Å². The number of aliphatic imine (C=N–C) groups is 1. The smallest absolute Gasteiger partial charge is 0.107 e. The Labute approximate surface area is 103 Å². The minimum absolute atomic E-state index is 0.910. The van der Waals surface area contributed by atoms with Gasteiger partial charge in [0.2, 0.25) is 0 Å². The Kier molecular flexibility index (Phi) is 3.12. The molecule has 3 rings (SSSR count). The van der Waals surface area contributed by atoms with Gasteiger partial charge >= 0.3 is 0 Å². The highest BCUT2D eigenvalue weighted by atomic mass is 15.2. The van der Waals surface area contributed by atoms with E-state index in [4.69, 9.17) is 0 Å². The lowest BCUT2D eigenvalue weighted by molar-refractivity contribution is 0.449. The van der Waals surface area contributed by atoms with Crippen molar-refractivity contribution in [2.45, 2.75) is 6.54 Å². The van der Waals surface area contributed by atoms with E-state index >= 15 is 0 Å². The van der Waals surface area contributed by atoms with Crippen LogP contribution in [-0.2, 0) is 6.54 Å². The molecule has 17 heavy (non-hydrogen) atoms. The minimum Gasteiger partial charge on any atom is -0.354 e. The maximum atomic E-state index is 4.60. The van der Waals surface area contributed by atoms with Crippen molar-refractivity contribution in [3.63, 3.8) is 0 Å². The van der Waals surface area contributed by atoms with E-state index in [1.165, 1.54) is 11.5 Å². The molecule has 0 N–H and O–H groups in total. The summed E-state index contributed by atoms with van der Waals surface area (Å²) in [6, 6.07) is 10.6. The van der Waals surface area contributed by atoms with E-state index in [0.717, 1.165) is 25.5 Å². The zero-order valence-electron chi connectivity index (χ0n) is 9.71. The van der Waals surface area contributed by atoms with Gasteiger partial charge in [-0.05, 0) is 31.2 Å². The van der Waals surface area contributed by atoms with Crippen LogP contribution in [0.25, 0.3) is 0 Å². The highest BCUT2D eigenvalue weighted by molar-refractivity contribution is 6.01. The van der Waals surface area contributed by atoms with Crippen LogP contribution in [0, 0.1) is 31.6 Å². The van der Waals surface area contributed by atoms with E-state index in [1.807, 2.05) is 0 Å². The standard InChI is InChI=1S/C15H15N2/c1-2-6-13(7-3-1)12-17-11-10-16-15(17)14-8-4-5-9-14/h1-9H,10-12H2. The molecular weight excluding hydrogens is 208 g/mol. The van der Waals surface area contributed by atoms with Crippen LogP contribution in [0.5, 0.6) is 0 Å². The van der Waals surface area contributed by atoms with Crippen molar-refractivity contribution >= 4 is 5.84 Å². The molecule has 1 fully saturated rings. The molecule has 0 spiro atoms. The van der Waals surface area contributed by atoms with Crippen LogP contribution >= 0.6 is 0 Å². The van der Waals surface area contributed by atoms with Gasteiger partial charge in [0.05, 0.1) is 6.54 Å². The first kappa shape index (κ1) is 10.8. The molecule has 1 saturated carbocycles. The molecule has 85 valence electrons. The van der Waals surface area contributed by atoms with E-state index in [-0.39, 0.29) is 0 Å². The average Bonchev–Trinajstić information content (AvgIpc) is 3.00. The lowest BCUT2D eigenvalue weighted by Crippen LogP contribution is -2.31. The summed E-state index contributed by atoms with van der Waals surface area (Å²) < 4.78 is 0. The lowest BCUT2D eigenvalue weighted by atomic mass is 10.1. The van der Waals surface area contributed by atoms with Crippen LogP contribution in [0.1, 0.15) is 5.56 Å². The molecule has 1 heterocycles. The van der Waals surface area contributed by atoms with E-state index in [9.17, 15) is 0 Å². The van der Waals surface area contributed by atoms with Crippen molar-refractivity contribution < 1.29 is 0 Å². The summed E-state index contributed by atoms with van der Waals surface area (Å²) in [6.07, 6.45) is 8.39. The zero-order valence-corrected chi connectivity index (χ0v) is 9.71. The summed E-state index contributed by atoms with van der Waals surface area (Å²) in [4.78, 5) is 6.95. The molecule has 0 aromatic heterocycles. The monoisotopic (exact) mass is 223 g/mol. The summed E-state index contributed by atoms with van der Waals surface area (Å²) in [5.41, 5.74) is 1.34. The third kappa shape index (κ3) is 2.36. The van der Waals surface area contributed by atoms with Crippen LogP contribution in [0.4, 0.5) is 0 Å². The first-order valence-corrected chi connectivity index (χ1v) is 5.99. The normalized spacial score (nSPS) is 20.9. The van der Waals surface area contributed by atoms with Gasteiger partial charge in [-0.15, -0.1) is 0 Å². The van der Waals surface area contributed by atoms with Gasteiger partial charge in [0.15, 0.2) is 0 Å². The molecule has 1 aliphatic heterocycles. The van der Waals surface area contributed by atoms with Crippen molar-refractivity contribution in [1.82, 2.24) is 4.90 Å². The summed E-state index contributed by atoms with van der Waals surface area (Å²) in [5.74, 6) is 2.37. The molecule has 1 aliphatic carbocycles. The summed E-state index contributed by atoms with van der Waals surface area (Å²) in [5, 5.41) is 0. The minimum atomic E-state index is 0.910. The predicted octanol–water partition coefficient (Wildman–Crippen LogP) is 2.31. The Morgan fingerprint density at radius 3 is 2.59 bits per heavy atom. The first-order chi connectivity index (χ1) is 8.43. The topological polar surface area (TPSA) is 15.6 Å². The first-order valence-electron chi connectivity index (χ1n) is 5.99. The molecule has 2 heteroatoms. The van der Waals surface area contributed by atoms with Crippen molar-refractivity contribution in [2.24, 2.45) is 4.99 Å².